The molecule has 11 nitrogen and oxygen atoms in total. The summed E-state index contributed by atoms with van der Waals surface area (Å²) in [5.41, 5.74) is -1.40. The monoisotopic (exact) mass is 369 g/mol. The molecule has 1 N–H and O–H groups in total. The zero-order chi connectivity index (χ0) is 18.9. The molecule has 0 aromatic carbocycles. The lowest BCUT2D eigenvalue weighted by molar-refractivity contribution is -0.141. The number of nitrogens with one attached hydrogen (secondary N) is 1. The maximum Gasteiger partial charge on any atom is 0.433 e. The Morgan fingerprint density at radius 1 is 1.31 bits per heavy atom. The number of carbonyl (C=O) groups is 1. The van der Waals surface area contributed by atoms with Crippen molar-refractivity contribution in [3.05, 3.63) is 29.7 Å². The largest absolute Gasteiger partial charge is 0.466 e. The van der Waals surface area contributed by atoms with Crippen molar-refractivity contribution in [3.63, 3.8) is 0 Å². The van der Waals surface area contributed by atoms with Gasteiger partial charge in [0.05, 0.1) is 12.7 Å². The fourth-order valence-corrected chi connectivity index (χ4v) is 1.91. The van der Waals surface area contributed by atoms with Gasteiger partial charge in [-0.15, -0.1) is 5.10 Å². The number of pyridine rings is 1. The summed E-state index contributed by atoms with van der Waals surface area (Å²) < 4.78 is 45.8. The number of rotatable bonds is 4. The molecule has 26 heavy (non-hydrogen) atoms. The van der Waals surface area contributed by atoms with E-state index in [1.54, 1.807) is 0 Å². The van der Waals surface area contributed by atoms with Crippen molar-refractivity contribution in [2.45, 2.75) is 6.18 Å². The van der Waals surface area contributed by atoms with Gasteiger partial charge < -0.3 is 4.74 Å². The van der Waals surface area contributed by atoms with Crippen LogP contribution in [-0.4, -0.2) is 53.0 Å². The first-order valence-electron chi connectivity index (χ1n) is 6.87. The van der Waals surface area contributed by atoms with Crippen molar-refractivity contribution < 1.29 is 22.7 Å². The van der Waals surface area contributed by atoms with Gasteiger partial charge in [0.25, 0.3) is 5.91 Å². The molecule has 0 bridgehead atoms. The number of carbonyl (C=O) groups excluding carboxylic acids is 1. The van der Waals surface area contributed by atoms with Crippen LogP contribution in [0.3, 0.4) is 0 Å². The van der Waals surface area contributed by atoms with Crippen molar-refractivity contribution >= 4 is 11.9 Å². The van der Waals surface area contributed by atoms with Crippen LogP contribution >= 0.6 is 0 Å². The molecular formula is C12H10F3N9O2. The Bertz CT molecular complexity index is 950. The van der Waals surface area contributed by atoms with E-state index in [9.17, 15) is 18.0 Å². The normalized spacial score (nSPS) is 11.4. The van der Waals surface area contributed by atoms with Crippen LogP contribution in [0.4, 0.5) is 19.1 Å². The Hall–Kier alpha value is -3.58. The molecule has 0 atom stereocenters. The minimum atomic E-state index is -4.71. The molecule has 0 aliphatic carbocycles. The van der Waals surface area contributed by atoms with Gasteiger partial charge in [-0.3, -0.25) is 10.1 Å². The van der Waals surface area contributed by atoms with Crippen LogP contribution in [0.1, 0.15) is 16.1 Å². The van der Waals surface area contributed by atoms with Crippen LogP contribution in [0.25, 0.3) is 5.82 Å². The number of hydrogen-bond donors (Lipinski definition) is 1. The van der Waals surface area contributed by atoms with E-state index >= 15 is 0 Å². The summed E-state index contributed by atoms with van der Waals surface area (Å²) in [6.45, 7) is 0. The van der Waals surface area contributed by atoms with Crippen LogP contribution in [0.5, 0.6) is 6.01 Å². The Morgan fingerprint density at radius 3 is 2.65 bits per heavy atom. The van der Waals surface area contributed by atoms with Crippen molar-refractivity contribution in [3.8, 4) is 11.8 Å². The number of aromatic nitrogens is 8. The third-order valence-electron chi connectivity index (χ3n) is 3.13. The first-order chi connectivity index (χ1) is 12.3. The second-order valence-electron chi connectivity index (χ2n) is 4.82. The molecule has 0 aliphatic rings. The average molecular weight is 369 g/mol. The SMILES string of the molecule is COc1ncn(-c2nc(C(F)(F)F)ccc2C(=O)Nc2nnnn2C)n1. The number of tetrazole rings is 1. The summed E-state index contributed by atoms with van der Waals surface area (Å²) >= 11 is 0. The molecule has 0 unspecified atom stereocenters. The summed E-state index contributed by atoms with van der Waals surface area (Å²) in [5.74, 6) is -1.17. The zero-order valence-corrected chi connectivity index (χ0v) is 13.3. The zero-order valence-electron chi connectivity index (χ0n) is 13.3. The number of methoxy groups -OCH3 is 1. The predicted octanol–water partition coefficient (Wildman–Crippen LogP) is 0.465. The topological polar surface area (TPSA) is 126 Å². The second-order valence-corrected chi connectivity index (χ2v) is 4.82. The lowest BCUT2D eigenvalue weighted by Crippen LogP contribution is -2.20. The Balaban J connectivity index is 2.06. The molecule has 0 radical (unpaired) electrons. The van der Waals surface area contributed by atoms with Crippen LogP contribution in [0, 0.1) is 0 Å². The second kappa shape index (κ2) is 6.38. The number of anilines is 1. The standard InChI is InChI=1S/C12H10F3N9O2/c1-23-10(19-21-22-23)18-9(25)6-3-4-7(12(13,14)15)17-8(6)24-5-16-11(20-24)26-2/h3-5H,1-2H3,(H,18,19,22,25). The fourth-order valence-electron chi connectivity index (χ4n) is 1.91. The van der Waals surface area contributed by atoms with Crippen LogP contribution in [-0.2, 0) is 13.2 Å². The van der Waals surface area contributed by atoms with Gasteiger partial charge in [0.1, 0.15) is 12.0 Å². The molecule has 136 valence electrons. The smallest absolute Gasteiger partial charge is 0.433 e. The first-order valence-corrected chi connectivity index (χ1v) is 6.87. The number of halogens is 3. The number of ether oxygens (including phenoxy) is 1. The Morgan fingerprint density at radius 2 is 2.08 bits per heavy atom. The minimum Gasteiger partial charge on any atom is -0.466 e. The number of aryl methyl sites for hydroxylation is 1. The van der Waals surface area contributed by atoms with E-state index in [-0.39, 0.29) is 23.3 Å². The molecule has 0 spiro atoms. The first kappa shape index (κ1) is 17.2. The quantitative estimate of drug-likeness (QED) is 0.703. The van der Waals surface area contributed by atoms with E-state index in [0.717, 1.165) is 17.1 Å². The van der Waals surface area contributed by atoms with Gasteiger partial charge >= 0.3 is 12.2 Å². The molecule has 0 saturated carbocycles. The maximum absolute atomic E-state index is 13.0. The number of hydrogen-bond acceptors (Lipinski definition) is 8. The third-order valence-corrected chi connectivity index (χ3v) is 3.13. The van der Waals surface area contributed by atoms with Gasteiger partial charge in [0, 0.05) is 7.05 Å². The van der Waals surface area contributed by atoms with Gasteiger partial charge in [-0.25, -0.2) is 9.67 Å². The highest BCUT2D eigenvalue weighted by atomic mass is 19.4. The van der Waals surface area contributed by atoms with Crippen molar-refractivity contribution in [2.75, 3.05) is 12.4 Å². The molecule has 3 heterocycles. The molecular weight excluding hydrogens is 359 g/mol. The molecule has 3 aromatic heterocycles. The molecule has 0 aliphatic heterocycles. The van der Waals surface area contributed by atoms with Crippen molar-refractivity contribution in [1.29, 1.82) is 0 Å². The number of nitrogens with zero attached hydrogens (tertiary/aromatic N) is 8. The van der Waals surface area contributed by atoms with Crippen LogP contribution in [0.15, 0.2) is 18.5 Å². The van der Waals surface area contributed by atoms with E-state index in [1.807, 2.05) is 0 Å². The fraction of sp³-hybridized carbons (Fsp3) is 0.250. The van der Waals surface area contributed by atoms with Gasteiger partial charge in [-0.05, 0) is 22.6 Å². The molecule has 14 heteroatoms. The van der Waals surface area contributed by atoms with Gasteiger partial charge in [-0.1, -0.05) is 5.10 Å². The average Bonchev–Trinajstić information content (AvgIpc) is 3.23. The Labute approximate surface area is 142 Å². The summed E-state index contributed by atoms with van der Waals surface area (Å²) in [7, 11) is 2.76. The van der Waals surface area contributed by atoms with Gasteiger partial charge in [-0.2, -0.15) is 22.8 Å². The lowest BCUT2D eigenvalue weighted by atomic mass is 10.2. The van der Waals surface area contributed by atoms with Crippen LogP contribution in [0.2, 0.25) is 0 Å². The highest BCUT2D eigenvalue weighted by molar-refractivity contribution is 6.05. The maximum atomic E-state index is 13.0. The number of amides is 1. The minimum absolute atomic E-state index is 0.00276. The van der Waals surface area contributed by atoms with E-state index in [0.29, 0.717) is 6.07 Å². The van der Waals surface area contributed by atoms with E-state index < -0.39 is 17.8 Å². The van der Waals surface area contributed by atoms with E-state index in [2.05, 4.69) is 35.9 Å². The molecule has 3 rings (SSSR count). The summed E-state index contributed by atoms with van der Waals surface area (Å²) in [4.78, 5) is 19.7. The summed E-state index contributed by atoms with van der Waals surface area (Å²) in [6, 6.07) is 1.55. The highest BCUT2D eigenvalue weighted by Gasteiger charge is 2.34. The number of alkyl halides is 3. The van der Waals surface area contributed by atoms with Gasteiger partial charge in [0.15, 0.2) is 5.82 Å². The van der Waals surface area contributed by atoms with Crippen molar-refractivity contribution in [1.82, 2.24) is 40.0 Å². The van der Waals surface area contributed by atoms with Crippen molar-refractivity contribution in [2.24, 2.45) is 7.05 Å². The predicted molar refractivity (Wildman–Crippen MR) is 77.5 cm³/mol. The molecule has 3 aromatic rings. The lowest BCUT2D eigenvalue weighted by Gasteiger charge is -2.11. The Kier molecular flexibility index (Phi) is 4.23. The third kappa shape index (κ3) is 3.28. The highest BCUT2D eigenvalue weighted by Crippen LogP contribution is 2.29. The molecule has 0 saturated heterocycles. The summed E-state index contributed by atoms with van der Waals surface area (Å²) in [6.07, 6.45) is -3.64. The molecule has 1 amide bonds. The van der Waals surface area contributed by atoms with Gasteiger partial charge in [0.2, 0.25) is 5.95 Å². The van der Waals surface area contributed by atoms with E-state index in [4.69, 9.17) is 4.74 Å². The van der Waals surface area contributed by atoms with Crippen LogP contribution < -0.4 is 10.1 Å². The molecule has 0 fully saturated rings. The van der Waals surface area contributed by atoms with E-state index in [1.165, 1.54) is 18.8 Å². The summed E-state index contributed by atoms with van der Waals surface area (Å²) in [5, 5.41) is 16.6.